The second-order valence-electron chi connectivity index (χ2n) is 7.87. The first kappa shape index (κ1) is 21.0. The zero-order chi connectivity index (χ0) is 22.1. The predicted molar refractivity (Wildman–Crippen MR) is 131 cm³/mol. The van der Waals surface area contributed by atoms with Crippen molar-refractivity contribution in [3.63, 3.8) is 0 Å². The fourth-order valence-corrected chi connectivity index (χ4v) is 6.30. The third-order valence-corrected chi connectivity index (χ3v) is 7.92. The Morgan fingerprint density at radius 1 is 1.12 bits per heavy atom. The number of hydrogen-bond donors (Lipinski definition) is 1. The highest BCUT2D eigenvalue weighted by Crippen LogP contribution is 2.36. The van der Waals surface area contributed by atoms with Crippen molar-refractivity contribution in [3.05, 3.63) is 87.0 Å². The second-order valence-corrected chi connectivity index (χ2v) is 10.3. The number of fused-ring (bicyclic) bond motifs is 3. The van der Waals surface area contributed by atoms with Gasteiger partial charge in [-0.15, -0.1) is 11.3 Å². The van der Waals surface area contributed by atoms with Crippen molar-refractivity contribution in [3.8, 4) is 5.69 Å². The molecule has 162 valence electrons. The molecule has 0 saturated carbocycles. The number of para-hydroxylation sites is 1. The van der Waals surface area contributed by atoms with Crippen molar-refractivity contribution < 1.29 is 4.79 Å². The van der Waals surface area contributed by atoms with Crippen LogP contribution in [0, 0.1) is 0 Å². The van der Waals surface area contributed by atoms with Crippen molar-refractivity contribution in [2.45, 2.75) is 43.1 Å². The van der Waals surface area contributed by atoms with E-state index in [0.717, 1.165) is 46.3 Å². The number of carbonyl (C=O) groups excluding carboxylic acids is 1. The molecule has 4 aromatic rings. The van der Waals surface area contributed by atoms with Gasteiger partial charge < -0.3 is 5.32 Å². The quantitative estimate of drug-likeness (QED) is 0.333. The SMILES string of the molecule is CC(Sc1nc2sc3c(c2c(=O)n1-c1ccccc1)CCC3)C(=O)NCc1ccccc1. The maximum atomic E-state index is 13.6. The van der Waals surface area contributed by atoms with E-state index in [9.17, 15) is 9.59 Å². The van der Waals surface area contributed by atoms with Gasteiger partial charge in [0.2, 0.25) is 5.91 Å². The number of amides is 1. The highest BCUT2D eigenvalue weighted by molar-refractivity contribution is 8.00. The molecule has 7 heteroatoms. The molecule has 0 saturated heterocycles. The maximum absolute atomic E-state index is 13.6. The molecule has 1 aliphatic rings. The molecule has 5 nitrogen and oxygen atoms in total. The molecule has 5 rings (SSSR count). The normalized spacial score (nSPS) is 13.8. The predicted octanol–water partition coefficient (Wildman–Crippen LogP) is 4.73. The van der Waals surface area contributed by atoms with Gasteiger partial charge in [0.25, 0.3) is 5.56 Å². The lowest BCUT2D eigenvalue weighted by atomic mass is 10.2. The van der Waals surface area contributed by atoms with Crippen molar-refractivity contribution in [1.29, 1.82) is 0 Å². The highest BCUT2D eigenvalue weighted by atomic mass is 32.2. The molecule has 0 fully saturated rings. The molecule has 1 unspecified atom stereocenters. The summed E-state index contributed by atoms with van der Waals surface area (Å²) in [5.41, 5.74) is 2.94. The number of thioether (sulfide) groups is 1. The smallest absolute Gasteiger partial charge is 0.267 e. The molecule has 1 N–H and O–H groups in total. The fourth-order valence-electron chi connectivity index (χ4n) is 4.05. The lowest BCUT2D eigenvalue weighted by molar-refractivity contribution is -0.120. The summed E-state index contributed by atoms with van der Waals surface area (Å²) >= 11 is 2.95. The Kier molecular flexibility index (Phi) is 5.85. The zero-order valence-electron chi connectivity index (χ0n) is 17.7. The molecule has 1 atom stereocenters. The van der Waals surface area contributed by atoms with Crippen LogP contribution in [0.25, 0.3) is 15.9 Å². The molecular formula is C25H23N3O2S2. The van der Waals surface area contributed by atoms with Gasteiger partial charge >= 0.3 is 0 Å². The summed E-state index contributed by atoms with van der Waals surface area (Å²) in [6, 6.07) is 19.4. The fraction of sp³-hybridized carbons (Fsp3) is 0.240. The first-order valence-corrected chi connectivity index (χ1v) is 12.4. The van der Waals surface area contributed by atoms with Gasteiger partial charge in [0.15, 0.2) is 5.16 Å². The van der Waals surface area contributed by atoms with Crippen molar-refractivity contribution in [1.82, 2.24) is 14.9 Å². The first-order valence-electron chi connectivity index (χ1n) is 10.7. The van der Waals surface area contributed by atoms with Crippen molar-refractivity contribution >= 4 is 39.2 Å². The summed E-state index contributed by atoms with van der Waals surface area (Å²) < 4.78 is 1.67. The number of nitrogens with one attached hydrogen (secondary N) is 1. The van der Waals surface area contributed by atoms with Crippen molar-refractivity contribution in [2.75, 3.05) is 0 Å². The summed E-state index contributed by atoms with van der Waals surface area (Å²) in [5.74, 6) is -0.0820. The van der Waals surface area contributed by atoms with Gasteiger partial charge in [0.05, 0.1) is 16.3 Å². The largest absolute Gasteiger partial charge is 0.351 e. The van der Waals surface area contributed by atoms with Crippen LogP contribution in [-0.4, -0.2) is 20.7 Å². The lowest BCUT2D eigenvalue weighted by Crippen LogP contribution is -2.31. The Morgan fingerprint density at radius 2 is 1.84 bits per heavy atom. The van der Waals surface area contributed by atoms with Gasteiger partial charge in [-0.25, -0.2) is 4.98 Å². The zero-order valence-corrected chi connectivity index (χ0v) is 19.3. The van der Waals surface area contributed by atoms with Crippen LogP contribution >= 0.6 is 23.1 Å². The van der Waals surface area contributed by atoms with E-state index in [1.54, 1.807) is 15.9 Å². The van der Waals surface area contributed by atoms with E-state index in [1.807, 2.05) is 67.6 Å². The molecular weight excluding hydrogens is 438 g/mol. The minimum atomic E-state index is -0.398. The van der Waals surface area contributed by atoms with Crippen LogP contribution in [0.1, 0.15) is 29.3 Å². The van der Waals surface area contributed by atoms with Crippen LogP contribution < -0.4 is 10.9 Å². The molecule has 32 heavy (non-hydrogen) atoms. The number of hydrogen-bond acceptors (Lipinski definition) is 5. The van der Waals surface area contributed by atoms with Gasteiger partial charge in [-0.3, -0.25) is 14.2 Å². The molecule has 1 aliphatic carbocycles. The summed E-state index contributed by atoms with van der Waals surface area (Å²) in [6.45, 7) is 2.32. The standard InChI is InChI=1S/C25H23N3O2S2/c1-16(22(29)26-15-17-9-4-2-5-10-17)31-25-27-23-21(19-13-8-14-20(19)32-23)24(30)28(25)18-11-6-3-7-12-18/h2-7,9-12,16H,8,13-15H2,1H3,(H,26,29). The number of thiophene rings is 1. The third kappa shape index (κ3) is 3.98. The number of benzene rings is 2. The Bertz CT molecular complexity index is 1330. The molecule has 1 amide bonds. The Morgan fingerprint density at radius 3 is 2.59 bits per heavy atom. The summed E-state index contributed by atoms with van der Waals surface area (Å²) in [6.07, 6.45) is 3.05. The summed E-state index contributed by atoms with van der Waals surface area (Å²) in [4.78, 5) is 33.4. The van der Waals surface area contributed by atoms with E-state index >= 15 is 0 Å². The number of rotatable bonds is 6. The third-order valence-electron chi connectivity index (χ3n) is 5.68. The van der Waals surface area contributed by atoms with Crippen LogP contribution in [0.2, 0.25) is 0 Å². The van der Waals surface area contributed by atoms with Crippen LogP contribution in [-0.2, 0) is 24.2 Å². The topological polar surface area (TPSA) is 64.0 Å². The molecule has 0 spiro atoms. The van der Waals surface area contributed by atoms with E-state index in [2.05, 4.69) is 5.32 Å². The monoisotopic (exact) mass is 461 g/mol. The Hall–Kier alpha value is -2.90. The highest BCUT2D eigenvalue weighted by Gasteiger charge is 2.25. The van der Waals surface area contributed by atoms with Gasteiger partial charge in [-0.05, 0) is 49.4 Å². The summed E-state index contributed by atoms with van der Waals surface area (Å²) in [7, 11) is 0. The molecule has 0 radical (unpaired) electrons. The van der Waals surface area contributed by atoms with E-state index < -0.39 is 5.25 Å². The molecule has 2 aromatic heterocycles. The molecule has 0 aliphatic heterocycles. The molecule has 2 heterocycles. The average Bonchev–Trinajstić information content (AvgIpc) is 3.40. The van der Waals surface area contributed by atoms with Gasteiger partial charge in [-0.1, -0.05) is 60.3 Å². The van der Waals surface area contributed by atoms with Gasteiger partial charge in [-0.2, -0.15) is 0 Å². The van der Waals surface area contributed by atoms with E-state index in [-0.39, 0.29) is 11.5 Å². The number of aryl methyl sites for hydroxylation is 2. The van der Waals surface area contributed by atoms with Gasteiger partial charge in [0.1, 0.15) is 4.83 Å². The van der Waals surface area contributed by atoms with E-state index in [0.29, 0.717) is 11.7 Å². The van der Waals surface area contributed by atoms with Crippen molar-refractivity contribution in [2.24, 2.45) is 0 Å². The average molecular weight is 462 g/mol. The van der Waals surface area contributed by atoms with E-state index in [1.165, 1.54) is 16.6 Å². The summed E-state index contributed by atoms with van der Waals surface area (Å²) in [5, 5.41) is 3.89. The van der Waals surface area contributed by atoms with Gasteiger partial charge in [0, 0.05) is 11.4 Å². The van der Waals surface area contributed by atoms with Crippen LogP contribution in [0.3, 0.4) is 0 Å². The minimum Gasteiger partial charge on any atom is -0.351 e. The molecule has 0 bridgehead atoms. The lowest BCUT2D eigenvalue weighted by Gasteiger charge is -2.16. The Balaban J connectivity index is 1.49. The van der Waals surface area contributed by atoms with Crippen LogP contribution in [0.4, 0.5) is 0 Å². The first-order chi connectivity index (χ1) is 15.6. The van der Waals surface area contributed by atoms with E-state index in [4.69, 9.17) is 4.98 Å². The van der Waals surface area contributed by atoms with Crippen LogP contribution in [0.15, 0.2) is 70.6 Å². The number of aromatic nitrogens is 2. The molecule has 2 aromatic carbocycles. The number of carbonyl (C=O) groups is 1. The maximum Gasteiger partial charge on any atom is 0.267 e. The number of nitrogens with zero attached hydrogens (tertiary/aromatic N) is 2. The Labute approximate surface area is 194 Å². The second kappa shape index (κ2) is 8.92. The minimum absolute atomic E-state index is 0.0417. The van der Waals surface area contributed by atoms with Crippen LogP contribution in [0.5, 0.6) is 0 Å².